The van der Waals surface area contributed by atoms with Crippen molar-refractivity contribution in [3.8, 4) is 0 Å². The molecule has 1 heterocycles. The minimum Gasteiger partial charge on any atom is -0.241 e. The predicted octanol–water partition coefficient (Wildman–Crippen LogP) is 1.10. The summed E-state index contributed by atoms with van der Waals surface area (Å²) in [7, 11) is 2.56. The summed E-state index contributed by atoms with van der Waals surface area (Å²) >= 11 is 0. The van der Waals surface area contributed by atoms with Crippen LogP contribution in [0.25, 0.3) is 0 Å². The van der Waals surface area contributed by atoms with Gasteiger partial charge in [0, 0.05) is 12.1 Å². The molecule has 10 heavy (non-hydrogen) atoms. The van der Waals surface area contributed by atoms with Gasteiger partial charge in [-0.1, -0.05) is 23.1 Å². The van der Waals surface area contributed by atoms with E-state index in [0.29, 0.717) is 5.92 Å². The van der Waals surface area contributed by atoms with Crippen LogP contribution in [0.4, 0.5) is 0 Å². The Morgan fingerprint density at radius 1 is 1.50 bits per heavy atom. The van der Waals surface area contributed by atoms with E-state index in [1.54, 1.807) is 6.20 Å². The van der Waals surface area contributed by atoms with Crippen LogP contribution in [0, 0.1) is 0 Å². The van der Waals surface area contributed by atoms with Crippen molar-refractivity contribution in [3.63, 3.8) is 0 Å². The minimum absolute atomic E-state index is 0.417. The van der Waals surface area contributed by atoms with Crippen LogP contribution >= 0.6 is 9.24 Å². The van der Waals surface area contributed by atoms with Crippen LogP contribution in [0.2, 0.25) is 0 Å². The Morgan fingerprint density at radius 2 is 2.20 bits per heavy atom. The Hall–Kier alpha value is -0.490. The summed E-state index contributed by atoms with van der Waals surface area (Å²) in [6, 6.07) is 1.87. The lowest BCUT2D eigenvalue weighted by Gasteiger charge is -2.01. The standard InChI is InChI=1S/C7H11N2P/c1-5(2)7-8-4-3-6(10)9-7/h3-5H,10H2,1-2H3. The Balaban J connectivity index is 2.96. The van der Waals surface area contributed by atoms with Crippen LogP contribution in [0.5, 0.6) is 0 Å². The third kappa shape index (κ3) is 1.74. The first-order valence-corrected chi connectivity index (χ1v) is 3.86. The van der Waals surface area contributed by atoms with E-state index in [0.717, 1.165) is 11.3 Å². The highest BCUT2D eigenvalue weighted by Gasteiger charge is 2.00. The van der Waals surface area contributed by atoms with Gasteiger partial charge < -0.3 is 0 Å². The molecule has 0 aliphatic carbocycles. The van der Waals surface area contributed by atoms with Gasteiger partial charge in [0.05, 0.1) is 5.44 Å². The first-order valence-electron chi connectivity index (χ1n) is 3.28. The van der Waals surface area contributed by atoms with Gasteiger partial charge in [-0.05, 0) is 6.07 Å². The van der Waals surface area contributed by atoms with Gasteiger partial charge >= 0.3 is 0 Å². The fourth-order valence-corrected chi connectivity index (χ4v) is 0.885. The van der Waals surface area contributed by atoms with Gasteiger partial charge in [0.1, 0.15) is 5.82 Å². The second-order valence-corrected chi connectivity index (χ2v) is 3.09. The summed E-state index contributed by atoms with van der Waals surface area (Å²) in [5.74, 6) is 1.33. The van der Waals surface area contributed by atoms with Gasteiger partial charge in [0.15, 0.2) is 0 Å². The zero-order chi connectivity index (χ0) is 7.56. The highest BCUT2D eigenvalue weighted by molar-refractivity contribution is 7.26. The molecular weight excluding hydrogens is 143 g/mol. The van der Waals surface area contributed by atoms with Gasteiger partial charge in [-0.3, -0.25) is 0 Å². The molecular formula is C7H11N2P. The molecule has 1 aromatic heterocycles. The van der Waals surface area contributed by atoms with Gasteiger partial charge in [-0.2, -0.15) is 0 Å². The molecule has 0 aliphatic heterocycles. The summed E-state index contributed by atoms with van der Waals surface area (Å²) in [4.78, 5) is 8.34. The van der Waals surface area contributed by atoms with Crippen molar-refractivity contribution in [1.82, 2.24) is 9.97 Å². The van der Waals surface area contributed by atoms with Crippen LogP contribution < -0.4 is 5.44 Å². The van der Waals surface area contributed by atoms with Crippen molar-refractivity contribution in [2.45, 2.75) is 19.8 Å². The topological polar surface area (TPSA) is 25.8 Å². The zero-order valence-corrected chi connectivity index (χ0v) is 7.36. The second kappa shape index (κ2) is 3.07. The van der Waals surface area contributed by atoms with E-state index in [1.165, 1.54) is 0 Å². The third-order valence-corrected chi connectivity index (χ3v) is 1.53. The van der Waals surface area contributed by atoms with Crippen molar-refractivity contribution in [2.24, 2.45) is 0 Å². The van der Waals surface area contributed by atoms with E-state index in [2.05, 4.69) is 33.1 Å². The van der Waals surface area contributed by atoms with E-state index >= 15 is 0 Å². The molecule has 3 heteroatoms. The maximum absolute atomic E-state index is 4.22. The van der Waals surface area contributed by atoms with Crippen molar-refractivity contribution >= 4 is 14.7 Å². The van der Waals surface area contributed by atoms with E-state index in [4.69, 9.17) is 0 Å². The molecule has 1 unspecified atom stereocenters. The summed E-state index contributed by atoms with van der Waals surface area (Å²) in [5, 5.41) is 0. The molecule has 0 saturated carbocycles. The van der Waals surface area contributed by atoms with Crippen LogP contribution in [0.1, 0.15) is 25.6 Å². The molecule has 0 aromatic carbocycles. The van der Waals surface area contributed by atoms with Crippen molar-refractivity contribution in [2.75, 3.05) is 0 Å². The maximum atomic E-state index is 4.22. The summed E-state index contributed by atoms with van der Waals surface area (Å²) in [5.41, 5.74) is 0.957. The molecule has 0 saturated heterocycles. The molecule has 1 aromatic rings. The van der Waals surface area contributed by atoms with Gasteiger partial charge in [0.25, 0.3) is 0 Å². The predicted molar refractivity (Wildman–Crippen MR) is 45.5 cm³/mol. The minimum atomic E-state index is 0.417. The molecule has 1 rings (SSSR count). The normalized spacial score (nSPS) is 10.4. The Morgan fingerprint density at radius 3 is 2.60 bits per heavy atom. The summed E-state index contributed by atoms with van der Waals surface area (Å²) < 4.78 is 0. The first kappa shape index (κ1) is 7.62. The molecule has 0 amide bonds. The van der Waals surface area contributed by atoms with Crippen molar-refractivity contribution in [3.05, 3.63) is 18.1 Å². The van der Waals surface area contributed by atoms with Crippen molar-refractivity contribution in [1.29, 1.82) is 0 Å². The highest BCUT2D eigenvalue weighted by Crippen LogP contribution is 2.05. The fraction of sp³-hybridized carbons (Fsp3) is 0.429. The Labute approximate surface area is 63.3 Å². The van der Waals surface area contributed by atoms with E-state index in [1.807, 2.05) is 6.07 Å². The highest BCUT2D eigenvalue weighted by atomic mass is 31.0. The molecule has 0 radical (unpaired) electrons. The SMILES string of the molecule is CC(C)c1nccc(P)n1. The lowest BCUT2D eigenvalue weighted by atomic mass is 10.2. The van der Waals surface area contributed by atoms with E-state index < -0.39 is 0 Å². The first-order chi connectivity index (χ1) is 4.70. The number of hydrogen-bond donors (Lipinski definition) is 0. The van der Waals surface area contributed by atoms with Crippen molar-refractivity contribution < 1.29 is 0 Å². The molecule has 0 bridgehead atoms. The van der Waals surface area contributed by atoms with E-state index in [-0.39, 0.29) is 0 Å². The molecule has 1 atom stereocenters. The molecule has 0 aliphatic rings. The van der Waals surface area contributed by atoms with Crippen LogP contribution in [0.3, 0.4) is 0 Å². The largest absolute Gasteiger partial charge is 0.241 e. The average molecular weight is 154 g/mol. The second-order valence-electron chi connectivity index (χ2n) is 2.49. The lowest BCUT2D eigenvalue weighted by Crippen LogP contribution is -2.05. The number of rotatable bonds is 1. The monoisotopic (exact) mass is 154 g/mol. The summed E-state index contributed by atoms with van der Waals surface area (Å²) in [6.07, 6.45) is 1.78. The maximum Gasteiger partial charge on any atom is 0.131 e. The average Bonchev–Trinajstić information content (AvgIpc) is 1.88. The molecule has 2 nitrogen and oxygen atoms in total. The fourth-order valence-electron chi connectivity index (χ4n) is 0.667. The van der Waals surface area contributed by atoms with Crippen LogP contribution in [-0.4, -0.2) is 9.97 Å². The summed E-state index contributed by atoms with van der Waals surface area (Å²) in [6.45, 7) is 4.17. The Bertz CT molecular complexity index is 223. The Kier molecular flexibility index (Phi) is 2.34. The molecule has 0 fully saturated rings. The number of nitrogens with zero attached hydrogens (tertiary/aromatic N) is 2. The van der Waals surface area contributed by atoms with Gasteiger partial charge in [0.2, 0.25) is 0 Å². The van der Waals surface area contributed by atoms with Crippen LogP contribution in [0.15, 0.2) is 12.3 Å². The number of aromatic nitrogens is 2. The van der Waals surface area contributed by atoms with Gasteiger partial charge in [-0.15, -0.1) is 0 Å². The van der Waals surface area contributed by atoms with E-state index in [9.17, 15) is 0 Å². The lowest BCUT2D eigenvalue weighted by molar-refractivity contribution is 0.779. The quantitative estimate of drug-likeness (QED) is 0.566. The zero-order valence-electron chi connectivity index (χ0n) is 6.20. The number of hydrogen-bond acceptors (Lipinski definition) is 2. The third-order valence-electron chi connectivity index (χ3n) is 1.21. The van der Waals surface area contributed by atoms with Gasteiger partial charge in [-0.25, -0.2) is 9.97 Å². The van der Waals surface area contributed by atoms with Crippen LogP contribution in [-0.2, 0) is 0 Å². The molecule has 0 N–H and O–H groups in total. The molecule has 54 valence electrons. The molecule has 0 spiro atoms. The smallest absolute Gasteiger partial charge is 0.131 e.